The van der Waals surface area contributed by atoms with Gasteiger partial charge in [-0.15, -0.1) is 0 Å². The number of halogens is 3. The van der Waals surface area contributed by atoms with Crippen LogP contribution in [0.3, 0.4) is 0 Å². The highest BCUT2D eigenvalue weighted by molar-refractivity contribution is 14.1. The number of carbonyl (C=O) groups is 1. The maximum atomic E-state index is 12.4. The molecule has 0 fully saturated rings. The molecule has 100 valence electrons. The van der Waals surface area contributed by atoms with E-state index >= 15 is 0 Å². The molecule has 0 unspecified atom stereocenters. The normalized spacial score (nSPS) is 10.6. The summed E-state index contributed by atoms with van der Waals surface area (Å²) in [6, 6.07) is 3.94. The van der Waals surface area contributed by atoms with Crippen LogP contribution in [0.25, 0.3) is 0 Å². The molecule has 1 aromatic heterocycles. The summed E-state index contributed by atoms with van der Waals surface area (Å²) >= 11 is 6.66. The summed E-state index contributed by atoms with van der Waals surface area (Å²) in [5, 5.41) is 9.86. The molecule has 19 heavy (non-hydrogen) atoms. The zero-order valence-electron chi connectivity index (χ0n) is 10.1. The average molecular weight is 593 g/mol. The number of aromatic amines is 1. The minimum Gasteiger partial charge on any atom is -0.319 e. The molecule has 0 saturated heterocycles. The van der Waals surface area contributed by atoms with Crippen LogP contribution in [0.5, 0.6) is 0 Å². The third-order valence-corrected chi connectivity index (χ3v) is 6.27. The SMILES string of the molecule is Cc1n[nH]c(C)c1NC(=O)c1cc(I)cc(I)c1I. The molecule has 1 amide bonds. The van der Waals surface area contributed by atoms with Gasteiger partial charge in [0.2, 0.25) is 0 Å². The number of H-pyrrole nitrogens is 1. The Kier molecular flexibility index (Phi) is 5.09. The van der Waals surface area contributed by atoms with Gasteiger partial charge < -0.3 is 5.32 Å². The summed E-state index contributed by atoms with van der Waals surface area (Å²) in [5.74, 6) is -0.103. The Bertz CT molecular complexity index is 632. The van der Waals surface area contributed by atoms with Crippen molar-refractivity contribution in [1.29, 1.82) is 0 Å². The van der Waals surface area contributed by atoms with Gasteiger partial charge in [-0.1, -0.05) is 0 Å². The van der Waals surface area contributed by atoms with Gasteiger partial charge in [-0.25, -0.2) is 0 Å². The van der Waals surface area contributed by atoms with Crippen molar-refractivity contribution in [1.82, 2.24) is 10.2 Å². The highest BCUT2D eigenvalue weighted by Gasteiger charge is 2.16. The van der Waals surface area contributed by atoms with E-state index in [9.17, 15) is 4.79 Å². The van der Waals surface area contributed by atoms with E-state index in [2.05, 4.69) is 83.3 Å². The van der Waals surface area contributed by atoms with Gasteiger partial charge in [-0.3, -0.25) is 9.89 Å². The molecule has 2 rings (SSSR count). The zero-order chi connectivity index (χ0) is 14.2. The first-order valence-electron chi connectivity index (χ1n) is 5.37. The van der Waals surface area contributed by atoms with Gasteiger partial charge in [-0.2, -0.15) is 5.10 Å². The number of amides is 1. The first kappa shape index (κ1) is 15.5. The second kappa shape index (κ2) is 6.24. The lowest BCUT2D eigenvalue weighted by Gasteiger charge is -2.09. The molecule has 2 aromatic rings. The van der Waals surface area contributed by atoms with E-state index in [0.29, 0.717) is 5.56 Å². The second-order valence-electron chi connectivity index (χ2n) is 4.01. The van der Waals surface area contributed by atoms with Gasteiger partial charge in [0.25, 0.3) is 5.91 Å². The van der Waals surface area contributed by atoms with Crippen molar-refractivity contribution in [3.63, 3.8) is 0 Å². The zero-order valence-corrected chi connectivity index (χ0v) is 16.6. The summed E-state index contributed by atoms with van der Waals surface area (Å²) in [5.41, 5.74) is 3.11. The Morgan fingerprint density at radius 3 is 2.53 bits per heavy atom. The molecular weight excluding hydrogens is 583 g/mol. The van der Waals surface area contributed by atoms with Crippen LogP contribution in [0, 0.1) is 24.6 Å². The van der Waals surface area contributed by atoms with Crippen LogP contribution in [0.2, 0.25) is 0 Å². The van der Waals surface area contributed by atoms with Crippen molar-refractivity contribution >= 4 is 79.4 Å². The molecule has 0 bridgehead atoms. The average Bonchev–Trinajstić information content (AvgIpc) is 2.65. The van der Waals surface area contributed by atoms with Crippen molar-refractivity contribution in [2.24, 2.45) is 0 Å². The first-order valence-corrected chi connectivity index (χ1v) is 8.61. The van der Waals surface area contributed by atoms with Gasteiger partial charge in [0, 0.05) is 10.7 Å². The van der Waals surface area contributed by atoms with E-state index in [1.807, 2.05) is 26.0 Å². The van der Waals surface area contributed by atoms with Crippen LogP contribution < -0.4 is 5.32 Å². The van der Waals surface area contributed by atoms with E-state index in [1.54, 1.807) is 0 Å². The van der Waals surface area contributed by atoms with Crippen LogP contribution in [0.15, 0.2) is 12.1 Å². The van der Waals surface area contributed by atoms with Crippen LogP contribution >= 0.6 is 67.8 Å². The predicted octanol–water partition coefficient (Wildman–Crippen LogP) is 4.09. The van der Waals surface area contributed by atoms with Crippen LogP contribution in [0.1, 0.15) is 21.7 Å². The van der Waals surface area contributed by atoms with Gasteiger partial charge in [-0.05, 0) is 93.8 Å². The third kappa shape index (κ3) is 3.40. The molecule has 0 aliphatic heterocycles. The minimum atomic E-state index is -0.103. The Morgan fingerprint density at radius 1 is 1.26 bits per heavy atom. The number of aromatic nitrogens is 2. The molecule has 0 radical (unpaired) electrons. The maximum Gasteiger partial charge on any atom is 0.256 e. The number of anilines is 1. The summed E-state index contributed by atoms with van der Waals surface area (Å²) < 4.78 is 3.10. The molecule has 0 atom stereocenters. The largest absolute Gasteiger partial charge is 0.319 e. The molecule has 0 saturated carbocycles. The van der Waals surface area contributed by atoms with Gasteiger partial charge >= 0.3 is 0 Å². The van der Waals surface area contributed by atoms with Crippen molar-refractivity contribution in [3.8, 4) is 0 Å². The van der Waals surface area contributed by atoms with Crippen LogP contribution in [0.4, 0.5) is 5.69 Å². The van der Waals surface area contributed by atoms with Crippen LogP contribution in [-0.2, 0) is 0 Å². The lowest BCUT2D eigenvalue weighted by atomic mass is 10.2. The molecule has 2 N–H and O–H groups in total. The van der Waals surface area contributed by atoms with E-state index in [1.165, 1.54) is 0 Å². The third-order valence-electron chi connectivity index (χ3n) is 2.60. The Labute approximate surface area is 151 Å². The van der Waals surface area contributed by atoms with E-state index in [4.69, 9.17) is 0 Å². The Hall–Kier alpha value is 0.0900. The molecule has 4 nitrogen and oxygen atoms in total. The summed E-state index contributed by atoms with van der Waals surface area (Å²) in [6.45, 7) is 3.75. The summed E-state index contributed by atoms with van der Waals surface area (Å²) in [7, 11) is 0. The molecule has 1 heterocycles. The number of nitrogens with one attached hydrogen (secondary N) is 2. The van der Waals surface area contributed by atoms with Crippen molar-refractivity contribution in [2.75, 3.05) is 5.32 Å². The molecule has 1 aromatic carbocycles. The fraction of sp³-hybridized carbons (Fsp3) is 0.167. The lowest BCUT2D eigenvalue weighted by Crippen LogP contribution is -2.15. The molecular formula is C12H10I3N3O. The molecule has 0 aliphatic carbocycles. The number of hydrogen-bond donors (Lipinski definition) is 2. The topological polar surface area (TPSA) is 57.8 Å². The lowest BCUT2D eigenvalue weighted by molar-refractivity contribution is 0.102. The van der Waals surface area contributed by atoms with Gasteiger partial charge in [0.05, 0.1) is 22.6 Å². The van der Waals surface area contributed by atoms with Crippen LogP contribution in [-0.4, -0.2) is 16.1 Å². The second-order valence-corrected chi connectivity index (χ2v) is 7.50. The quantitative estimate of drug-likeness (QED) is 0.408. The Balaban J connectivity index is 2.36. The first-order chi connectivity index (χ1) is 8.90. The number of benzene rings is 1. The van der Waals surface area contributed by atoms with Gasteiger partial charge in [0.1, 0.15) is 0 Å². The molecule has 0 spiro atoms. The number of rotatable bonds is 2. The monoisotopic (exact) mass is 593 g/mol. The van der Waals surface area contributed by atoms with Crippen molar-refractivity contribution in [2.45, 2.75) is 13.8 Å². The Morgan fingerprint density at radius 2 is 1.95 bits per heavy atom. The maximum absolute atomic E-state index is 12.4. The van der Waals surface area contributed by atoms with Crippen molar-refractivity contribution < 1.29 is 4.79 Å². The minimum absolute atomic E-state index is 0.103. The number of nitrogens with zero attached hydrogens (tertiary/aromatic N) is 1. The highest BCUT2D eigenvalue weighted by atomic mass is 127. The fourth-order valence-corrected chi connectivity index (χ4v) is 4.04. The van der Waals surface area contributed by atoms with Crippen molar-refractivity contribution in [3.05, 3.63) is 39.8 Å². The van der Waals surface area contributed by atoms with E-state index in [-0.39, 0.29) is 5.91 Å². The van der Waals surface area contributed by atoms with Gasteiger partial charge in [0.15, 0.2) is 0 Å². The number of carbonyl (C=O) groups excluding carboxylic acids is 1. The summed E-state index contributed by atoms with van der Waals surface area (Å²) in [4.78, 5) is 12.4. The fourth-order valence-electron chi connectivity index (χ4n) is 1.64. The smallest absolute Gasteiger partial charge is 0.256 e. The number of hydrogen-bond acceptors (Lipinski definition) is 2. The standard InChI is InChI=1S/C12H10I3N3O/c1-5-11(6(2)18-17-5)16-12(19)8-3-7(13)4-9(14)10(8)15/h3-4H,1-2H3,(H,16,19)(H,17,18). The summed E-state index contributed by atoms with van der Waals surface area (Å²) in [6.07, 6.45) is 0. The number of aryl methyl sites for hydroxylation is 2. The highest BCUT2D eigenvalue weighted by Crippen LogP contribution is 2.24. The van der Waals surface area contributed by atoms with E-state index in [0.717, 1.165) is 27.8 Å². The van der Waals surface area contributed by atoms with E-state index < -0.39 is 0 Å². The molecule has 7 heteroatoms. The predicted molar refractivity (Wildman–Crippen MR) is 101 cm³/mol. The molecule has 0 aliphatic rings.